The molecule has 1 fully saturated rings. The third-order valence-electron chi connectivity index (χ3n) is 4.37. The zero-order valence-corrected chi connectivity index (χ0v) is 14.7. The number of piperidine rings is 1. The average molecular weight is 333 g/mol. The van der Waals surface area contributed by atoms with Crippen LogP contribution in [-0.4, -0.2) is 56.0 Å². The van der Waals surface area contributed by atoms with Crippen molar-refractivity contribution >= 4 is 5.91 Å². The van der Waals surface area contributed by atoms with Gasteiger partial charge in [-0.05, 0) is 31.8 Å². The van der Waals surface area contributed by atoms with Gasteiger partial charge in [0.15, 0.2) is 0 Å². The highest BCUT2D eigenvalue weighted by Crippen LogP contribution is 2.27. The van der Waals surface area contributed by atoms with Crippen LogP contribution in [0, 0.1) is 5.92 Å². The summed E-state index contributed by atoms with van der Waals surface area (Å²) in [7, 11) is 0. The Labute approximate surface area is 139 Å². The zero-order valence-electron chi connectivity index (χ0n) is 14.7. The second-order valence-corrected chi connectivity index (χ2v) is 6.65. The number of alkyl halides is 2. The molecule has 0 radical (unpaired) electrons. The smallest absolute Gasteiger partial charge is 0.250 e. The number of amides is 1. The van der Waals surface area contributed by atoms with E-state index in [2.05, 4.69) is 24.5 Å². The molecular weight excluding hydrogens is 300 g/mol. The molecule has 1 rings (SSSR count). The van der Waals surface area contributed by atoms with Crippen molar-refractivity contribution in [2.24, 2.45) is 5.92 Å². The number of hydrogen-bond donors (Lipinski definition) is 2. The summed E-state index contributed by atoms with van der Waals surface area (Å²) in [6.07, 6.45) is 4.24. The maximum Gasteiger partial charge on any atom is 0.250 e. The lowest BCUT2D eigenvalue weighted by Crippen LogP contribution is -2.45. The van der Waals surface area contributed by atoms with Gasteiger partial charge in [-0.3, -0.25) is 9.69 Å². The fraction of sp³-hybridized carbons (Fsp3) is 0.941. The largest absolute Gasteiger partial charge is 0.355 e. The number of unbranched alkanes of at least 4 members (excludes halogenated alkanes) is 1. The summed E-state index contributed by atoms with van der Waals surface area (Å²) < 4.78 is 26.2. The molecule has 0 bridgehead atoms. The summed E-state index contributed by atoms with van der Waals surface area (Å²) >= 11 is 0. The number of nitrogens with one attached hydrogen (secondary N) is 2. The molecule has 1 unspecified atom stereocenters. The van der Waals surface area contributed by atoms with Gasteiger partial charge in [0.25, 0.3) is 5.92 Å². The SMILES string of the molecule is CCCCC(CNCCC)CNC(=O)CN1CCC(F)(F)CC1. The van der Waals surface area contributed by atoms with Crippen molar-refractivity contribution in [2.75, 3.05) is 39.3 Å². The van der Waals surface area contributed by atoms with Crippen molar-refractivity contribution in [1.82, 2.24) is 15.5 Å². The lowest BCUT2D eigenvalue weighted by molar-refractivity contribution is -0.124. The van der Waals surface area contributed by atoms with Crippen LogP contribution in [0.2, 0.25) is 0 Å². The van der Waals surface area contributed by atoms with Gasteiger partial charge in [-0.2, -0.15) is 0 Å². The molecule has 136 valence electrons. The Bertz CT molecular complexity index is 330. The molecule has 1 aliphatic heterocycles. The van der Waals surface area contributed by atoms with E-state index >= 15 is 0 Å². The van der Waals surface area contributed by atoms with Gasteiger partial charge in [0, 0.05) is 32.5 Å². The lowest BCUT2D eigenvalue weighted by Gasteiger charge is -2.31. The van der Waals surface area contributed by atoms with Crippen molar-refractivity contribution in [3.8, 4) is 0 Å². The predicted molar refractivity (Wildman–Crippen MR) is 89.8 cm³/mol. The molecule has 0 aromatic heterocycles. The predicted octanol–water partition coefficient (Wildman–Crippen LogP) is 2.64. The van der Waals surface area contributed by atoms with E-state index in [0.717, 1.165) is 38.8 Å². The Balaban J connectivity index is 2.25. The van der Waals surface area contributed by atoms with Crippen LogP contribution in [0.4, 0.5) is 8.78 Å². The first-order chi connectivity index (χ1) is 11.0. The second kappa shape index (κ2) is 10.9. The average Bonchev–Trinajstić information content (AvgIpc) is 2.51. The Hall–Kier alpha value is -0.750. The van der Waals surface area contributed by atoms with E-state index in [-0.39, 0.29) is 25.3 Å². The maximum absolute atomic E-state index is 13.1. The lowest BCUT2D eigenvalue weighted by atomic mass is 10.0. The van der Waals surface area contributed by atoms with E-state index < -0.39 is 5.92 Å². The topological polar surface area (TPSA) is 44.4 Å². The number of hydrogen-bond acceptors (Lipinski definition) is 3. The highest BCUT2D eigenvalue weighted by atomic mass is 19.3. The first kappa shape index (κ1) is 20.3. The summed E-state index contributed by atoms with van der Waals surface area (Å²) in [5.41, 5.74) is 0. The summed E-state index contributed by atoms with van der Waals surface area (Å²) in [6.45, 7) is 7.73. The van der Waals surface area contributed by atoms with Crippen LogP contribution >= 0.6 is 0 Å². The molecule has 0 aromatic rings. The van der Waals surface area contributed by atoms with Crippen LogP contribution in [-0.2, 0) is 4.79 Å². The number of carbonyl (C=O) groups is 1. The maximum atomic E-state index is 13.1. The Morgan fingerprint density at radius 2 is 1.87 bits per heavy atom. The van der Waals surface area contributed by atoms with Crippen molar-refractivity contribution in [3.63, 3.8) is 0 Å². The molecule has 0 spiro atoms. The van der Waals surface area contributed by atoms with E-state index in [0.29, 0.717) is 25.6 Å². The van der Waals surface area contributed by atoms with E-state index in [1.165, 1.54) is 0 Å². The summed E-state index contributed by atoms with van der Waals surface area (Å²) in [6, 6.07) is 0. The number of likely N-dealkylation sites (tertiary alicyclic amines) is 1. The van der Waals surface area contributed by atoms with Crippen molar-refractivity contribution < 1.29 is 13.6 Å². The van der Waals surface area contributed by atoms with Crippen molar-refractivity contribution in [3.05, 3.63) is 0 Å². The summed E-state index contributed by atoms with van der Waals surface area (Å²) in [4.78, 5) is 13.8. The fourth-order valence-electron chi connectivity index (χ4n) is 2.81. The molecular formula is C17H33F2N3O. The van der Waals surface area contributed by atoms with Crippen LogP contribution in [0.15, 0.2) is 0 Å². The van der Waals surface area contributed by atoms with Gasteiger partial charge in [-0.15, -0.1) is 0 Å². The summed E-state index contributed by atoms with van der Waals surface area (Å²) in [5.74, 6) is -2.16. The fourth-order valence-corrected chi connectivity index (χ4v) is 2.81. The third kappa shape index (κ3) is 9.20. The highest BCUT2D eigenvalue weighted by Gasteiger charge is 2.34. The number of nitrogens with zero attached hydrogens (tertiary/aromatic N) is 1. The van der Waals surface area contributed by atoms with Gasteiger partial charge in [0.1, 0.15) is 0 Å². The minimum Gasteiger partial charge on any atom is -0.355 e. The number of carbonyl (C=O) groups excluding carboxylic acids is 1. The van der Waals surface area contributed by atoms with Crippen LogP contribution in [0.3, 0.4) is 0 Å². The van der Waals surface area contributed by atoms with Gasteiger partial charge in [0.2, 0.25) is 5.91 Å². The molecule has 2 N–H and O–H groups in total. The standard InChI is InChI=1S/C17H33F2N3O/c1-3-5-6-15(12-20-9-4-2)13-21-16(23)14-22-10-7-17(18,19)8-11-22/h15,20H,3-14H2,1-2H3,(H,21,23). The highest BCUT2D eigenvalue weighted by molar-refractivity contribution is 5.78. The normalized spacial score (nSPS) is 19.5. The van der Waals surface area contributed by atoms with E-state index in [1.54, 1.807) is 0 Å². The molecule has 0 aromatic carbocycles. The molecule has 6 heteroatoms. The van der Waals surface area contributed by atoms with Crippen molar-refractivity contribution in [2.45, 2.75) is 58.3 Å². The first-order valence-corrected chi connectivity index (χ1v) is 9.04. The molecule has 1 atom stereocenters. The molecule has 1 heterocycles. The molecule has 1 aliphatic rings. The van der Waals surface area contributed by atoms with Crippen LogP contribution < -0.4 is 10.6 Å². The molecule has 4 nitrogen and oxygen atoms in total. The minimum absolute atomic E-state index is 0.0489. The molecule has 23 heavy (non-hydrogen) atoms. The van der Waals surface area contributed by atoms with E-state index in [4.69, 9.17) is 0 Å². The van der Waals surface area contributed by atoms with Crippen LogP contribution in [0.5, 0.6) is 0 Å². The van der Waals surface area contributed by atoms with Crippen LogP contribution in [0.25, 0.3) is 0 Å². The van der Waals surface area contributed by atoms with Gasteiger partial charge < -0.3 is 10.6 Å². The molecule has 1 amide bonds. The monoisotopic (exact) mass is 333 g/mol. The molecule has 0 saturated carbocycles. The quantitative estimate of drug-likeness (QED) is 0.571. The number of rotatable bonds is 11. The Morgan fingerprint density at radius 1 is 1.17 bits per heavy atom. The van der Waals surface area contributed by atoms with Gasteiger partial charge >= 0.3 is 0 Å². The zero-order chi connectivity index (χ0) is 17.1. The summed E-state index contributed by atoms with van der Waals surface area (Å²) in [5, 5.41) is 6.39. The van der Waals surface area contributed by atoms with Crippen molar-refractivity contribution in [1.29, 1.82) is 0 Å². The third-order valence-corrected chi connectivity index (χ3v) is 4.37. The van der Waals surface area contributed by atoms with E-state index in [1.807, 2.05) is 4.90 Å². The van der Waals surface area contributed by atoms with Gasteiger partial charge in [0.05, 0.1) is 6.54 Å². The molecule has 0 aliphatic carbocycles. The van der Waals surface area contributed by atoms with Crippen LogP contribution in [0.1, 0.15) is 52.4 Å². The minimum atomic E-state index is -2.55. The first-order valence-electron chi connectivity index (χ1n) is 9.04. The Kier molecular flexibility index (Phi) is 9.63. The Morgan fingerprint density at radius 3 is 2.48 bits per heavy atom. The van der Waals surface area contributed by atoms with E-state index in [9.17, 15) is 13.6 Å². The van der Waals surface area contributed by atoms with Gasteiger partial charge in [-0.25, -0.2) is 8.78 Å². The van der Waals surface area contributed by atoms with Gasteiger partial charge in [-0.1, -0.05) is 26.7 Å². The second-order valence-electron chi connectivity index (χ2n) is 6.65. The number of halogens is 2. The molecule has 1 saturated heterocycles.